The van der Waals surface area contributed by atoms with E-state index in [9.17, 15) is 9.59 Å². The van der Waals surface area contributed by atoms with Crippen molar-refractivity contribution in [1.82, 2.24) is 10.2 Å². The van der Waals surface area contributed by atoms with Gasteiger partial charge in [0, 0.05) is 18.7 Å². The van der Waals surface area contributed by atoms with Crippen LogP contribution in [0.1, 0.15) is 43.5 Å². The summed E-state index contributed by atoms with van der Waals surface area (Å²) in [7, 11) is 1.56. The first-order valence-electron chi connectivity index (χ1n) is 8.25. The Hall–Kier alpha value is -2.04. The molecule has 0 aliphatic carbocycles. The molecule has 1 N–H and O–H groups in total. The number of benzene rings is 1. The number of hydrogen-bond acceptors (Lipinski definition) is 3. The highest BCUT2D eigenvalue weighted by atomic mass is 16.5. The first-order chi connectivity index (χ1) is 11.0. The Morgan fingerprint density at radius 3 is 2.57 bits per heavy atom. The van der Waals surface area contributed by atoms with E-state index in [1.165, 1.54) is 0 Å². The molecule has 1 aliphatic heterocycles. The number of methoxy groups -OCH3 is 1. The Morgan fingerprint density at radius 2 is 1.96 bits per heavy atom. The molecule has 0 bridgehead atoms. The van der Waals surface area contributed by atoms with Crippen LogP contribution < -0.4 is 10.1 Å². The molecule has 0 unspecified atom stereocenters. The number of ether oxygens (including phenoxy) is 1. The van der Waals surface area contributed by atoms with Crippen molar-refractivity contribution >= 4 is 11.8 Å². The van der Waals surface area contributed by atoms with E-state index in [-0.39, 0.29) is 11.8 Å². The van der Waals surface area contributed by atoms with E-state index in [0.717, 1.165) is 25.9 Å². The molecule has 1 aromatic carbocycles. The van der Waals surface area contributed by atoms with Gasteiger partial charge in [0.25, 0.3) is 5.91 Å². The summed E-state index contributed by atoms with van der Waals surface area (Å²) >= 11 is 0. The Labute approximate surface area is 138 Å². The molecule has 1 aliphatic rings. The average Bonchev–Trinajstić information content (AvgIpc) is 3.07. The van der Waals surface area contributed by atoms with E-state index in [4.69, 9.17) is 4.74 Å². The third-order valence-electron chi connectivity index (χ3n) is 4.06. The highest BCUT2D eigenvalue weighted by Crippen LogP contribution is 2.16. The fourth-order valence-electron chi connectivity index (χ4n) is 2.86. The summed E-state index contributed by atoms with van der Waals surface area (Å²) in [5.41, 5.74) is 0.507. The van der Waals surface area contributed by atoms with Crippen LogP contribution in [0.15, 0.2) is 24.3 Å². The van der Waals surface area contributed by atoms with E-state index in [0.29, 0.717) is 23.7 Å². The molecule has 0 aromatic heterocycles. The summed E-state index contributed by atoms with van der Waals surface area (Å²) in [5.74, 6) is 0.760. The molecule has 1 atom stereocenters. The first kappa shape index (κ1) is 17.3. The number of likely N-dealkylation sites (tertiary alicyclic amines) is 1. The molecule has 126 valence electrons. The summed E-state index contributed by atoms with van der Waals surface area (Å²) < 4.78 is 5.15. The Kier molecular flexibility index (Phi) is 6.02. The van der Waals surface area contributed by atoms with Gasteiger partial charge in [0.2, 0.25) is 5.91 Å². The van der Waals surface area contributed by atoms with Crippen molar-refractivity contribution in [3.63, 3.8) is 0 Å². The SMILES string of the molecule is COc1cccc(C(=O)N[C@@H](CC(C)C)C(=O)N2CCCC2)c1. The van der Waals surface area contributed by atoms with Gasteiger partial charge in [-0.1, -0.05) is 19.9 Å². The maximum Gasteiger partial charge on any atom is 0.252 e. The molecule has 2 amide bonds. The summed E-state index contributed by atoms with van der Waals surface area (Å²) in [6, 6.07) is 6.50. The quantitative estimate of drug-likeness (QED) is 0.876. The van der Waals surface area contributed by atoms with Crippen LogP contribution in [0.2, 0.25) is 0 Å². The van der Waals surface area contributed by atoms with Crippen LogP contribution in [0.25, 0.3) is 0 Å². The van der Waals surface area contributed by atoms with Crippen molar-refractivity contribution in [2.45, 2.75) is 39.2 Å². The van der Waals surface area contributed by atoms with Gasteiger partial charge >= 0.3 is 0 Å². The molecule has 0 spiro atoms. The highest BCUT2D eigenvalue weighted by molar-refractivity contribution is 5.97. The van der Waals surface area contributed by atoms with Crippen molar-refractivity contribution in [2.75, 3.05) is 20.2 Å². The largest absolute Gasteiger partial charge is 0.497 e. The zero-order valence-corrected chi connectivity index (χ0v) is 14.2. The minimum absolute atomic E-state index is 0.0347. The lowest BCUT2D eigenvalue weighted by Gasteiger charge is -2.25. The number of nitrogens with zero attached hydrogens (tertiary/aromatic N) is 1. The van der Waals surface area contributed by atoms with Crippen LogP contribution in [-0.4, -0.2) is 43.0 Å². The van der Waals surface area contributed by atoms with Crippen LogP contribution in [0.4, 0.5) is 0 Å². The van der Waals surface area contributed by atoms with Gasteiger partial charge in [-0.25, -0.2) is 0 Å². The number of rotatable bonds is 6. The fourth-order valence-corrected chi connectivity index (χ4v) is 2.86. The summed E-state index contributed by atoms with van der Waals surface area (Å²) in [6.07, 6.45) is 2.74. The molecule has 23 heavy (non-hydrogen) atoms. The summed E-state index contributed by atoms with van der Waals surface area (Å²) in [4.78, 5) is 27.0. The number of hydrogen-bond donors (Lipinski definition) is 1. The van der Waals surface area contributed by atoms with Crippen LogP contribution >= 0.6 is 0 Å². The van der Waals surface area contributed by atoms with Crippen LogP contribution in [0, 0.1) is 5.92 Å². The van der Waals surface area contributed by atoms with Gasteiger partial charge in [0.15, 0.2) is 0 Å². The zero-order valence-electron chi connectivity index (χ0n) is 14.2. The van der Waals surface area contributed by atoms with Gasteiger partial charge in [-0.15, -0.1) is 0 Å². The van der Waals surface area contributed by atoms with Crippen molar-refractivity contribution < 1.29 is 14.3 Å². The number of amides is 2. The van der Waals surface area contributed by atoms with Crippen molar-refractivity contribution in [2.24, 2.45) is 5.92 Å². The summed E-state index contributed by atoms with van der Waals surface area (Å²) in [6.45, 7) is 5.70. The van der Waals surface area contributed by atoms with Gasteiger partial charge < -0.3 is 15.0 Å². The molecule has 2 rings (SSSR count). The monoisotopic (exact) mass is 318 g/mol. The smallest absolute Gasteiger partial charge is 0.252 e. The standard InChI is InChI=1S/C18H26N2O3/c1-13(2)11-16(18(22)20-9-4-5-10-20)19-17(21)14-7-6-8-15(12-14)23-3/h6-8,12-13,16H,4-5,9-11H2,1-3H3,(H,19,21)/t16-/m0/s1. The van der Waals surface area contributed by atoms with Crippen LogP contribution in [0.3, 0.4) is 0 Å². The maximum absolute atomic E-state index is 12.7. The third kappa shape index (κ3) is 4.71. The first-order valence-corrected chi connectivity index (χ1v) is 8.25. The minimum atomic E-state index is -0.466. The van der Waals surface area contributed by atoms with Gasteiger partial charge in [-0.2, -0.15) is 0 Å². The zero-order chi connectivity index (χ0) is 16.8. The minimum Gasteiger partial charge on any atom is -0.497 e. The Balaban J connectivity index is 2.09. The second-order valence-electron chi connectivity index (χ2n) is 6.42. The molecule has 1 fully saturated rings. The summed E-state index contributed by atoms with van der Waals surface area (Å²) in [5, 5.41) is 2.91. The predicted molar refractivity (Wildman–Crippen MR) is 89.5 cm³/mol. The molecule has 5 heteroatoms. The van der Waals surface area contributed by atoms with Crippen molar-refractivity contribution in [1.29, 1.82) is 0 Å². The molecule has 1 aromatic rings. The lowest BCUT2D eigenvalue weighted by atomic mass is 10.0. The molecule has 5 nitrogen and oxygen atoms in total. The van der Waals surface area contributed by atoms with Gasteiger partial charge in [-0.05, 0) is 43.4 Å². The number of carbonyl (C=O) groups is 2. The predicted octanol–water partition coefficient (Wildman–Crippen LogP) is 2.46. The molecule has 1 saturated heterocycles. The van der Waals surface area contributed by atoms with E-state index in [1.54, 1.807) is 31.4 Å². The highest BCUT2D eigenvalue weighted by Gasteiger charge is 2.28. The third-order valence-corrected chi connectivity index (χ3v) is 4.06. The lowest BCUT2D eigenvalue weighted by molar-refractivity contribution is -0.132. The van der Waals surface area contributed by atoms with Crippen LogP contribution in [0.5, 0.6) is 5.75 Å². The topological polar surface area (TPSA) is 58.6 Å². The van der Waals surface area contributed by atoms with E-state index in [2.05, 4.69) is 19.2 Å². The molecule has 1 heterocycles. The maximum atomic E-state index is 12.7. The van der Waals surface area contributed by atoms with Crippen molar-refractivity contribution in [3.8, 4) is 5.75 Å². The van der Waals surface area contributed by atoms with Crippen molar-refractivity contribution in [3.05, 3.63) is 29.8 Å². The second-order valence-corrected chi connectivity index (χ2v) is 6.42. The molecule has 0 saturated carbocycles. The Morgan fingerprint density at radius 1 is 1.26 bits per heavy atom. The van der Waals surface area contributed by atoms with Gasteiger partial charge in [0.05, 0.1) is 7.11 Å². The van der Waals surface area contributed by atoms with Gasteiger partial charge in [-0.3, -0.25) is 9.59 Å². The van der Waals surface area contributed by atoms with E-state index < -0.39 is 6.04 Å². The molecular formula is C18H26N2O3. The molecule has 0 radical (unpaired) electrons. The number of carbonyl (C=O) groups excluding carboxylic acids is 2. The molecular weight excluding hydrogens is 292 g/mol. The normalized spacial score (nSPS) is 15.6. The fraction of sp³-hybridized carbons (Fsp3) is 0.556. The van der Waals surface area contributed by atoms with Gasteiger partial charge in [0.1, 0.15) is 11.8 Å². The Bertz CT molecular complexity index is 551. The average molecular weight is 318 g/mol. The lowest BCUT2D eigenvalue weighted by Crippen LogP contribution is -2.48. The van der Waals surface area contributed by atoms with Crippen LogP contribution in [-0.2, 0) is 4.79 Å². The number of nitrogens with one attached hydrogen (secondary N) is 1. The van der Waals surface area contributed by atoms with E-state index >= 15 is 0 Å². The second kappa shape index (κ2) is 7.99. The van der Waals surface area contributed by atoms with E-state index in [1.807, 2.05) is 4.90 Å².